The van der Waals surface area contributed by atoms with Crippen LogP contribution in [-0.2, 0) is 6.18 Å². The average Bonchev–Trinajstić information content (AvgIpc) is 2.67. The second kappa shape index (κ2) is 6.34. The first-order valence-corrected chi connectivity index (χ1v) is 8.29. The van der Waals surface area contributed by atoms with Crippen molar-refractivity contribution in [2.45, 2.75) is 6.18 Å². The van der Waals surface area contributed by atoms with Crippen molar-refractivity contribution >= 4 is 10.8 Å². The van der Waals surface area contributed by atoms with Crippen molar-refractivity contribution < 1.29 is 13.2 Å². The summed E-state index contributed by atoms with van der Waals surface area (Å²) in [6, 6.07) is 27.3. The second-order valence-corrected chi connectivity index (χ2v) is 6.15. The van der Waals surface area contributed by atoms with E-state index in [-0.39, 0.29) is 0 Å². The Kier molecular flexibility index (Phi) is 4.00. The van der Waals surface area contributed by atoms with Crippen LogP contribution in [0.4, 0.5) is 13.2 Å². The summed E-state index contributed by atoms with van der Waals surface area (Å²) < 4.78 is 38.6. The molecule has 0 heterocycles. The van der Waals surface area contributed by atoms with Gasteiger partial charge in [0.15, 0.2) is 0 Å². The first-order valence-electron chi connectivity index (χ1n) is 8.29. The summed E-state index contributed by atoms with van der Waals surface area (Å²) >= 11 is 0. The van der Waals surface area contributed by atoms with Gasteiger partial charge in [-0.1, -0.05) is 78.9 Å². The zero-order valence-electron chi connectivity index (χ0n) is 13.8. The van der Waals surface area contributed by atoms with Gasteiger partial charge in [0.1, 0.15) is 0 Å². The maximum atomic E-state index is 12.9. The van der Waals surface area contributed by atoms with Crippen molar-refractivity contribution in [2.24, 2.45) is 0 Å². The molecule has 0 amide bonds. The van der Waals surface area contributed by atoms with Crippen LogP contribution in [0.3, 0.4) is 0 Å². The largest absolute Gasteiger partial charge is 0.416 e. The Morgan fingerprint density at radius 1 is 0.500 bits per heavy atom. The van der Waals surface area contributed by atoms with Gasteiger partial charge in [-0.3, -0.25) is 0 Å². The first kappa shape index (κ1) is 16.4. The van der Waals surface area contributed by atoms with Crippen molar-refractivity contribution in [1.82, 2.24) is 0 Å². The minimum Gasteiger partial charge on any atom is -0.166 e. The van der Waals surface area contributed by atoms with Crippen molar-refractivity contribution in [3.8, 4) is 22.3 Å². The Bertz CT molecular complexity index is 1040. The first-order chi connectivity index (χ1) is 12.5. The lowest BCUT2D eigenvalue weighted by Crippen LogP contribution is -2.04. The zero-order chi connectivity index (χ0) is 18.1. The summed E-state index contributed by atoms with van der Waals surface area (Å²) in [4.78, 5) is 0. The minimum atomic E-state index is -4.33. The Hall–Kier alpha value is -3.07. The Morgan fingerprint density at radius 2 is 1.04 bits per heavy atom. The molecule has 4 rings (SSSR count). The molecule has 3 heteroatoms. The number of fused-ring (bicyclic) bond motifs is 1. The highest BCUT2D eigenvalue weighted by Crippen LogP contribution is 2.37. The van der Waals surface area contributed by atoms with E-state index in [2.05, 4.69) is 0 Å². The van der Waals surface area contributed by atoms with E-state index in [1.54, 1.807) is 12.1 Å². The monoisotopic (exact) mass is 348 g/mol. The van der Waals surface area contributed by atoms with Gasteiger partial charge in [-0.25, -0.2) is 0 Å². The van der Waals surface area contributed by atoms with Gasteiger partial charge in [-0.2, -0.15) is 13.2 Å². The molecular weight excluding hydrogens is 333 g/mol. The molecule has 0 aliphatic rings. The van der Waals surface area contributed by atoms with E-state index in [4.69, 9.17) is 0 Å². The molecule has 0 atom stereocenters. The van der Waals surface area contributed by atoms with Gasteiger partial charge in [0.2, 0.25) is 0 Å². The second-order valence-electron chi connectivity index (χ2n) is 6.15. The summed E-state index contributed by atoms with van der Waals surface area (Å²) in [5.74, 6) is 0. The lowest BCUT2D eigenvalue weighted by molar-refractivity contribution is -0.137. The van der Waals surface area contributed by atoms with E-state index in [0.29, 0.717) is 0 Å². The smallest absolute Gasteiger partial charge is 0.166 e. The van der Waals surface area contributed by atoms with Crippen LogP contribution in [0.2, 0.25) is 0 Å². The Morgan fingerprint density at radius 3 is 1.58 bits per heavy atom. The van der Waals surface area contributed by atoms with E-state index >= 15 is 0 Å². The molecule has 0 radical (unpaired) electrons. The summed E-state index contributed by atoms with van der Waals surface area (Å²) in [5.41, 5.74) is 3.21. The highest BCUT2D eigenvalue weighted by Gasteiger charge is 2.30. The molecule has 0 spiro atoms. The molecule has 0 saturated heterocycles. The van der Waals surface area contributed by atoms with Gasteiger partial charge in [0.25, 0.3) is 0 Å². The summed E-state index contributed by atoms with van der Waals surface area (Å²) in [6.45, 7) is 0. The van der Waals surface area contributed by atoms with Crippen molar-refractivity contribution in [3.63, 3.8) is 0 Å². The predicted octanol–water partition coefficient (Wildman–Crippen LogP) is 7.19. The lowest BCUT2D eigenvalue weighted by Gasteiger charge is -2.13. The highest BCUT2D eigenvalue weighted by molar-refractivity contribution is 6.06. The number of benzene rings is 4. The van der Waals surface area contributed by atoms with E-state index < -0.39 is 11.7 Å². The fourth-order valence-electron chi connectivity index (χ4n) is 3.28. The highest BCUT2D eigenvalue weighted by atomic mass is 19.4. The Balaban J connectivity index is 1.94. The molecule has 0 bridgehead atoms. The van der Waals surface area contributed by atoms with Crippen LogP contribution in [0.5, 0.6) is 0 Å². The molecule has 0 aliphatic carbocycles. The normalized spacial score (nSPS) is 11.7. The molecule has 128 valence electrons. The van der Waals surface area contributed by atoms with Crippen molar-refractivity contribution in [2.75, 3.05) is 0 Å². The number of hydrogen-bond acceptors (Lipinski definition) is 0. The molecule has 0 aliphatic heterocycles. The molecule has 4 aromatic rings. The van der Waals surface area contributed by atoms with Crippen LogP contribution in [0, 0.1) is 0 Å². The molecule has 0 saturated carbocycles. The fourth-order valence-corrected chi connectivity index (χ4v) is 3.28. The summed E-state index contributed by atoms with van der Waals surface area (Å²) in [5, 5.41) is 2.10. The summed E-state index contributed by atoms with van der Waals surface area (Å²) in [6.07, 6.45) is -4.33. The SMILES string of the molecule is FC(F)(F)c1ccc(-c2cccc3cccc(-c4ccccc4)c23)cc1. The van der Waals surface area contributed by atoms with Crippen LogP contribution in [-0.4, -0.2) is 0 Å². The van der Waals surface area contributed by atoms with Gasteiger partial charge in [0.05, 0.1) is 5.56 Å². The van der Waals surface area contributed by atoms with Crippen LogP contribution in [0.15, 0.2) is 91.0 Å². The van der Waals surface area contributed by atoms with Crippen LogP contribution < -0.4 is 0 Å². The molecule has 4 aromatic carbocycles. The van der Waals surface area contributed by atoms with Gasteiger partial charge >= 0.3 is 6.18 Å². The maximum Gasteiger partial charge on any atom is 0.416 e. The third-order valence-electron chi connectivity index (χ3n) is 4.51. The number of hydrogen-bond donors (Lipinski definition) is 0. The lowest BCUT2D eigenvalue weighted by atomic mass is 9.91. The predicted molar refractivity (Wildman–Crippen MR) is 99.8 cm³/mol. The number of halogens is 3. The summed E-state index contributed by atoms with van der Waals surface area (Å²) in [7, 11) is 0. The average molecular weight is 348 g/mol. The zero-order valence-corrected chi connectivity index (χ0v) is 13.8. The van der Waals surface area contributed by atoms with E-state index in [0.717, 1.165) is 45.2 Å². The molecule has 0 N–H and O–H groups in total. The molecular formula is C23H15F3. The van der Waals surface area contributed by atoms with Crippen LogP contribution in [0.1, 0.15) is 5.56 Å². The van der Waals surface area contributed by atoms with Crippen molar-refractivity contribution in [3.05, 3.63) is 96.6 Å². The maximum absolute atomic E-state index is 12.9. The van der Waals surface area contributed by atoms with Crippen LogP contribution >= 0.6 is 0 Å². The minimum absolute atomic E-state index is 0.634. The Labute approximate surface area is 149 Å². The molecule has 26 heavy (non-hydrogen) atoms. The third-order valence-corrected chi connectivity index (χ3v) is 4.51. The van der Waals surface area contributed by atoms with Gasteiger partial charge in [-0.05, 0) is 45.2 Å². The van der Waals surface area contributed by atoms with E-state index in [9.17, 15) is 13.2 Å². The standard InChI is InChI=1S/C23H15F3/c24-23(25,26)19-14-12-17(13-15-19)21-11-5-9-18-8-4-10-20(22(18)21)16-6-2-1-3-7-16/h1-15H. The number of alkyl halides is 3. The van der Waals surface area contributed by atoms with E-state index in [1.165, 1.54) is 0 Å². The van der Waals surface area contributed by atoms with E-state index in [1.807, 2.05) is 66.7 Å². The quantitative estimate of drug-likeness (QED) is 0.359. The van der Waals surface area contributed by atoms with Gasteiger partial charge < -0.3 is 0 Å². The molecule has 0 nitrogen and oxygen atoms in total. The van der Waals surface area contributed by atoms with Gasteiger partial charge in [-0.15, -0.1) is 0 Å². The topological polar surface area (TPSA) is 0 Å². The van der Waals surface area contributed by atoms with Crippen molar-refractivity contribution in [1.29, 1.82) is 0 Å². The molecule has 0 fully saturated rings. The number of rotatable bonds is 2. The van der Waals surface area contributed by atoms with Crippen LogP contribution in [0.25, 0.3) is 33.0 Å². The molecule has 0 aromatic heterocycles. The molecule has 0 unspecified atom stereocenters. The third kappa shape index (κ3) is 2.97. The van der Waals surface area contributed by atoms with Gasteiger partial charge in [0, 0.05) is 0 Å². The fraction of sp³-hybridized carbons (Fsp3) is 0.0435.